The molecule has 1 aromatic carbocycles. The monoisotopic (exact) mass is 261 g/mol. The lowest BCUT2D eigenvalue weighted by atomic mass is 10.1. The minimum atomic E-state index is -0.418. The molecule has 1 unspecified atom stereocenters. The molecule has 0 aliphatic heterocycles. The Morgan fingerprint density at radius 1 is 1.32 bits per heavy atom. The highest BCUT2D eigenvalue weighted by Gasteiger charge is 2.38. The van der Waals surface area contributed by atoms with Crippen molar-refractivity contribution in [3.05, 3.63) is 35.9 Å². The third-order valence-electron chi connectivity index (χ3n) is 3.12. The van der Waals surface area contributed by atoms with Gasteiger partial charge in [0.15, 0.2) is 0 Å². The summed E-state index contributed by atoms with van der Waals surface area (Å²) in [4.78, 5) is 12.2. The van der Waals surface area contributed by atoms with Crippen LogP contribution in [0, 0.1) is 5.92 Å². The van der Waals surface area contributed by atoms with Crippen LogP contribution in [0.4, 0.5) is 0 Å². The van der Waals surface area contributed by atoms with Gasteiger partial charge in [-0.15, -0.1) is 0 Å². The quantitative estimate of drug-likeness (QED) is 0.828. The van der Waals surface area contributed by atoms with E-state index in [2.05, 4.69) is 17.4 Å². The Bertz CT molecular complexity index is 418. The van der Waals surface area contributed by atoms with Crippen LogP contribution < -0.4 is 5.32 Å². The van der Waals surface area contributed by atoms with Gasteiger partial charge in [-0.1, -0.05) is 30.3 Å². The number of ether oxygens (including phenoxy) is 1. The smallest absolute Gasteiger partial charge is 0.323 e. The Labute approximate surface area is 115 Å². The largest absolute Gasteiger partial charge is 0.459 e. The van der Waals surface area contributed by atoms with E-state index in [9.17, 15) is 4.79 Å². The van der Waals surface area contributed by atoms with Crippen molar-refractivity contribution in [3.8, 4) is 0 Å². The van der Waals surface area contributed by atoms with E-state index >= 15 is 0 Å². The van der Waals surface area contributed by atoms with Crippen LogP contribution in [0.15, 0.2) is 30.3 Å². The fourth-order valence-corrected chi connectivity index (χ4v) is 2.06. The number of hydrogen-bond donors (Lipinski definition) is 1. The molecule has 1 aliphatic carbocycles. The zero-order valence-electron chi connectivity index (χ0n) is 12.0. The van der Waals surface area contributed by atoms with Crippen LogP contribution in [-0.4, -0.2) is 17.6 Å². The fourth-order valence-electron chi connectivity index (χ4n) is 2.06. The van der Waals surface area contributed by atoms with Crippen LogP contribution in [0.25, 0.3) is 0 Å². The van der Waals surface area contributed by atoms with E-state index in [1.165, 1.54) is 5.56 Å². The van der Waals surface area contributed by atoms with Crippen molar-refractivity contribution in [1.82, 2.24) is 5.32 Å². The van der Waals surface area contributed by atoms with E-state index < -0.39 is 5.60 Å². The second-order valence-corrected chi connectivity index (χ2v) is 6.22. The highest BCUT2D eigenvalue weighted by atomic mass is 16.6. The predicted octanol–water partition coefficient (Wildman–Crippen LogP) is 2.90. The number of carbonyl (C=O) groups is 1. The van der Waals surface area contributed by atoms with Crippen molar-refractivity contribution < 1.29 is 9.53 Å². The minimum Gasteiger partial charge on any atom is -0.459 e. The van der Waals surface area contributed by atoms with Crippen molar-refractivity contribution in [2.45, 2.75) is 51.8 Å². The van der Waals surface area contributed by atoms with Crippen LogP contribution >= 0.6 is 0 Å². The van der Waals surface area contributed by atoms with Crippen molar-refractivity contribution in [3.63, 3.8) is 0 Å². The Morgan fingerprint density at radius 2 is 1.95 bits per heavy atom. The normalized spacial score (nSPS) is 17.0. The molecular formula is C16H23NO2. The van der Waals surface area contributed by atoms with E-state index in [0.717, 1.165) is 12.8 Å². The average Bonchev–Trinajstić information content (AvgIpc) is 3.13. The molecule has 0 saturated heterocycles. The van der Waals surface area contributed by atoms with E-state index in [4.69, 9.17) is 4.74 Å². The van der Waals surface area contributed by atoms with Gasteiger partial charge in [-0.25, -0.2) is 0 Å². The van der Waals surface area contributed by atoms with Gasteiger partial charge in [0.25, 0.3) is 0 Å². The summed E-state index contributed by atoms with van der Waals surface area (Å²) < 4.78 is 5.49. The van der Waals surface area contributed by atoms with Crippen LogP contribution in [-0.2, 0) is 16.1 Å². The molecule has 2 rings (SSSR count). The van der Waals surface area contributed by atoms with Gasteiger partial charge in [-0.2, -0.15) is 0 Å². The van der Waals surface area contributed by atoms with Crippen molar-refractivity contribution >= 4 is 5.97 Å². The van der Waals surface area contributed by atoms with E-state index in [1.807, 2.05) is 39.0 Å². The number of carbonyl (C=O) groups excluding carboxylic acids is 1. The SMILES string of the molecule is CC(C)(C)OC(=O)C(NCc1ccccc1)C1CC1. The zero-order chi connectivity index (χ0) is 13.9. The first kappa shape index (κ1) is 14.1. The van der Waals surface area contributed by atoms with Gasteiger partial charge < -0.3 is 10.1 Å². The zero-order valence-corrected chi connectivity index (χ0v) is 12.0. The van der Waals surface area contributed by atoms with Gasteiger partial charge in [0, 0.05) is 6.54 Å². The van der Waals surface area contributed by atoms with E-state index in [0.29, 0.717) is 12.5 Å². The van der Waals surface area contributed by atoms with Crippen LogP contribution in [0.1, 0.15) is 39.2 Å². The second-order valence-electron chi connectivity index (χ2n) is 6.22. The minimum absolute atomic E-state index is 0.120. The summed E-state index contributed by atoms with van der Waals surface area (Å²) in [7, 11) is 0. The third-order valence-corrected chi connectivity index (χ3v) is 3.12. The maximum atomic E-state index is 12.2. The Kier molecular flexibility index (Phi) is 4.25. The molecule has 19 heavy (non-hydrogen) atoms. The lowest BCUT2D eigenvalue weighted by Gasteiger charge is -2.24. The summed E-state index contributed by atoms with van der Waals surface area (Å²) in [5, 5.41) is 3.35. The highest BCUT2D eigenvalue weighted by molar-refractivity contribution is 5.77. The van der Waals surface area contributed by atoms with Gasteiger partial charge >= 0.3 is 5.97 Å². The van der Waals surface area contributed by atoms with Crippen molar-refractivity contribution in [1.29, 1.82) is 0 Å². The topological polar surface area (TPSA) is 38.3 Å². The van der Waals surface area contributed by atoms with Crippen molar-refractivity contribution in [2.75, 3.05) is 0 Å². The molecule has 0 aromatic heterocycles. The molecular weight excluding hydrogens is 238 g/mol. The molecule has 104 valence electrons. The summed E-state index contributed by atoms with van der Waals surface area (Å²) in [5.41, 5.74) is 0.773. The highest BCUT2D eigenvalue weighted by Crippen LogP contribution is 2.34. The standard InChI is InChI=1S/C16H23NO2/c1-16(2,3)19-15(18)14(13-9-10-13)17-11-12-7-5-4-6-8-12/h4-8,13-14,17H,9-11H2,1-3H3. The predicted molar refractivity (Wildman–Crippen MR) is 75.6 cm³/mol. The van der Waals surface area contributed by atoms with Gasteiger partial charge in [-0.05, 0) is 45.1 Å². The van der Waals surface area contributed by atoms with Crippen LogP contribution in [0.3, 0.4) is 0 Å². The molecule has 3 heteroatoms. The molecule has 0 amide bonds. The molecule has 0 radical (unpaired) electrons. The number of esters is 1. The van der Waals surface area contributed by atoms with E-state index in [-0.39, 0.29) is 12.0 Å². The first-order chi connectivity index (χ1) is 8.96. The fraction of sp³-hybridized carbons (Fsp3) is 0.562. The summed E-state index contributed by atoms with van der Waals surface area (Å²) in [6.45, 7) is 6.44. The number of nitrogens with one attached hydrogen (secondary N) is 1. The van der Waals surface area contributed by atoms with Gasteiger partial charge in [0.2, 0.25) is 0 Å². The molecule has 0 spiro atoms. The van der Waals surface area contributed by atoms with Crippen LogP contribution in [0.2, 0.25) is 0 Å². The molecule has 1 atom stereocenters. The molecule has 1 saturated carbocycles. The van der Waals surface area contributed by atoms with Gasteiger partial charge in [0.1, 0.15) is 11.6 Å². The Balaban J connectivity index is 1.91. The first-order valence-electron chi connectivity index (χ1n) is 6.96. The molecule has 1 N–H and O–H groups in total. The Morgan fingerprint density at radius 3 is 2.47 bits per heavy atom. The second kappa shape index (κ2) is 5.74. The molecule has 1 aliphatic rings. The molecule has 0 heterocycles. The molecule has 3 nitrogen and oxygen atoms in total. The maximum Gasteiger partial charge on any atom is 0.323 e. The number of rotatable bonds is 5. The first-order valence-corrected chi connectivity index (χ1v) is 6.96. The van der Waals surface area contributed by atoms with Gasteiger partial charge in [0.05, 0.1) is 0 Å². The molecule has 0 bridgehead atoms. The summed E-state index contributed by atoms with van der Waals surface area (Å²) in [5.74, 6) is 0.324. The van der Waals surface area contributed by atoms with E-state index in [1.54, 1.807) is 0 Å². The summed E-state index contributed by atoms with van der Waals surface area (Å²) in [6.07, 6.45) is 2.23. The van der Waals surface area contributed by atoms with Gasteiger partial charge in [-0.3, -0.25) is 4.79 Å². The Hall–Kier alpha value is -1.35. The average molecular weight is 261 g/mol. The van der Waals surface area contributed by atoms with Crippen molar-refractivity contribution in [2.24, 2.45) is 5.92 Å². The molecule has 1 fully saturated rings. The van der Waals surface area contributed by atoms with Crippen LogP contribution in [0.5, 0.6) is 0 Å². The lowest BCUT2D eigenvalue weighted by Crippen LogP contribution is -2.42. The summed E-state index contributed by atoms with van der Waals surface area (Å²) >= 11 is 0. The maximum absolute atomic E-state index is 12.2. The third kappa shape index (κ3) is 4.67. The molecule has 1 aromatic rings. The summed E-state index contributed by atoms with van der Waals surface area (Å²) in [6, 6.07) is 9.97. The lowest BCUT2D eigenvalue weighted by molar-refractivity contribution is -0.158. The number of benzene rings is 1. The number of hydrogen-bond acceptors (Lipinski definition) is 3.